The molecule has 1 fully saturated rings. The minimum atomic E-state index is -0.168. The van der Waals surface area contributed by atoms with Crippen molar-refractivity contribution in [3.05, 3.63) is 69.7 Å². The summed E-state index contributed by atoms with van der Waals surface area (Å²) in [7, 11) is 3.81. The van der Waals surface area contributed by atoms with E-state index in [1.54, 1.807) is 17.8 Å². The molecule has 0 radical (unpaired) electrons. The van der Waals surface area contributed by atoms with Crippen LogP contribution in [0.25, 0.3) is 33.4 Å². The highest BCUT2D eigenvalue weighted by Crippen LogP contribution is 2.31. The van der Waals surface area contributed by atoms with Gasteiger partial charge in [-0.15, -0.1) is 0 Å². The van der Waals surface area contributed by atoms with Crippen molar-refractivity contribution in [2.75, 3.05) is 39.1 Å². The molecule has 0 saturated carbocycles. The van der Waals surface area contributed by atoms with E-state index >= 15 is 0 Å². The van der Waals surface area contributed by atoms with E-state index in [1.165, 1.54) is 0 Å². The number of anilines is 1. The number of ether oxygens (including phenoxy) is 1. The number of rotatable bonds is 5. The Bertz CT molecular complexity index is 1450. The van der Waals surface area contributed by atoms with Crippen molar-refractivity contribution >= 4 is 28.6 Å². The van der Waals surface area contributed by atoms with Crippen molar-refractivity contribution in [2.45, 2.75) is 19.6 Å². The maximum Gasteiger partial charge on any atom is 0.260 e. The molecule has 1 aliphatic heterocycles. The van der Waals surface area contributed by atoms with Crippen molar-refractivity contribution in [3.63, 3.8) is 0 Å². The highest BCUT2D eigenvalue weighted by molar-refractivity contribution is 6.33. The lowest BCUT2D eigenvalue weighted by atomic mass is 10.0. The SMILES string of the molecule is CNc1ncc2cc(-c3ccc(-c4cccc(C)n4)cc3Cl)c(=O)n(C[C@H]3CN(C)CCO3)c2n1. The Morgan fingerprint density at radius 2 is 2.03 bits per heavy atom. The number of hydrogen-bond donors (Lipinski definition) is 1. The van der Waals surface area contributed by atoms with Gasteiger partial charge in [-0.05, 0) is 38.2 Å². The fourth-order valence-electron chi connectivity index (χ4n) is 4.42. The van der Waals surface area contributed by atoms with Crippen LogP contribution in [-0.4, -0.2) is 64.3 Å². The molecule has 1 atom stereocenters. The first-order chi connectivity index (χ1) is 16.9. The summed E-state index contributed by atoms with van der Waals surface area (Å²) in [6, 6.07) is 13.3. The Balaban J connectivity index is 1.62. The number of benzene rings is 1. The Morgan fingerprint density at radius 1 is 1.17 bits per heavy atom. The third-order valence-corrected chi connectivity index (χ3v) is 6.53. The smallest absolute Gasteiger partial charge is 0.260 e. The normalized spacial score (nSPS) is 16.5. The Kier molecular flexibility index (Phi) is 6.51. The van der Waals surface area contributed by atoms with Crippen molar-refractivity contribution in [1.82, 2.24) is 24.4 Å². The standard InChI is InChI=1S/C26H27ClN6O2/c1-16-5-4-6-23(30-16)17-7-8-20(22(27)12-17)21-11-18-13-29-26(28-2)31-24(18)33(25(21)34)15-19-14-32(3)9-10-35-19/h4-8,11-13,19H,9-10,14-15H2,1-3H3,(H,28,29,31)/t19-/m1/s1. The van der Waals surface area contributed by atoms with E-state index in [2.05, 4.69) is 32.2 Å². The van der Waals surface area contributed by atoms with Gasteiger partial charge >= 0.3 is 0 Å². The lowest BCUT2D eigenvalue weighted by Crippen LogP contribution is -2.43. The maximum atomic E-state index is 13.8. The summed E-state index contributed by atoms with van der Waals surface area (Å²) < 4.78 is 7.65. The van der Waals surface area contributed by atoms with Crippen LogP contribution in [0.15, 0.2) is 53.5 Å². The first-order valence-corrected chi connectivity index (χ1v) is 11.9. The molecule has 5 rings (SSSR count). The molecule has 1 saturated heterocycles. The molecule has 0 spiro atoms. The third-order valence-electron chi connectivity index (χ3n) is 6.22. The molecule has 180 valence electrons. The van der Waals surface area contributed by atoms with Gasteiger partial charge in [-0.25, -0.2) is 4.98 Å². The van der Waals surface area contributed by atoms with E-state index in [4.69, 9.17) is 16.3 Å². The summed E-state index contributed by atoms with van der Waals surface area (Å²) >= 11 is 6.74. The molecule has 8 nitrogen and oxygen atoms in total. The van der Waals surface area contributed by atoms with Crippen LogP contribution >= 0.6 is 11.6 Å². The van der Waals surface area contributed by atoms with Gasteiger partial charge in [0.1, 0.15) is 5.65 Å². The summed E-state index contributed by atoms with van der Waals surface area (Å²) in [5.41, 5.74) is 4.20. The highest BCUT2D eigenvalue weighted by Gasteiger charge is 2.22. The van der Waals surface area contributed by atoms with Crippen molar-refractivity contribution in [1.29, 1.82) is 0 Å². The highest BCUT2D eigenvalue weighted by atomic mass is 35.5. The fraction of sp³-hybridized carbons (Fsp3) is 0.308. The third kappa shape index (κ3) is 4.77. The van der Waals surface area contributed by atoms with Gasteiger partial charge in [-0.1, -0.05) is 29.8 Å². The number of morpholine rings is 1. The molecule has 3 aromatic heterocycles. The van der Waals surface area contributed by atoms with Crippen LogP contribution in [-0.2, 0) is 11.3 Å². The average molecular weight is 491 g/mol. The topological polar surface area (TPSA) is 85.2 Å². The number of halogens is 1. The van der Waals surface area contributed by atoms with Gasteiger partial charge in [0.25, 0.3) is 5.56 Å². The molecule has 0 bridgehead atoms. The van der Waals surface area contributed by atoms with Gasteiger partial charge in [0, 0.05) is 59.1 Å². The minimum Gasteiger partial charge on any atom is -0.374 e. The fourth-order valence-corrected chi connectivity index (χ4v) is 4.70. The zero-order valence-electron chi connectivity index (χ0n) is 20.0. The lowest BCUT2D eigenvalue weighted by Gasteiger charge is -2.30. The maximum absolute atomic E-state index is 13.8. The first kappa shape index (κ1) is 23.4. The summed E-state index contributed by atoms with van der Waals surface area (Å²) in [5, 5.41) is 4.19. The van der Waals surface area contributed by atoms with E-state index in [9.17, 15) is 4.79 Å². The van der Waals surface area contributed by atoms with E-state index in [-0.39, 0.29) is 11.7 Å². The number of nitrogens with zero attached hydrogens (tertiary/aromatic N) is 5. The molecule has 1 aliphatic rings. The van der Waals surface area contributed by atoms with Crippen LogP contribution in [0, 0.1) is 6.92 Å². The molecule has 0 amide bonds. The van der Waals surface area contributed by atoms with Crippen LogP contribution in [0.4, 0.5) is 5.95 Å². The Hall–Kier alpha value is -3.33. The summed E-state index contributed by atoms with van der Waals surface area (Å²) in [5.74, 6) is 0.452. The Labute approximate surface area is 208 Å². The summed E-state index contributed by atoms with van der Waals surface area (Å²) in [6.07, 6.45) is 1.60. The predicted octanol–water partition coefficient (Wildman–Crippen LogP) is 3.85. The Morgan fingerprint density at radius 3 is 2.77 bits per heavy atom. The second kappa shape index (κ2) is 9.73. The molecule has 1 N–H and O–H groups in total. The molecule has 0 aliphatic carbocycles. The zero-order chi connectivity index (χ0) is 24.5. The number of pyridine rings is 2. The van der Waals surface area contributed by atoms with E-state index in [0.717, 1.165) is 35.4 Å². The average Bonchev–Trinajstić information content (AvgIpc) is 2.85. The predicted molar refractivity (Wildman–Crippen MR) is 139 cm³/mol. The molecular formula is C26H27ClN6O2. The molecule has 35 heavy (non-hydrogen) atoms. The number of nitrogens with one attached hydrogen (secondary N) is 1. The van der Waals surface area contributed by atoms with Crippen molar-refractivity contribution in [2.24, 2.45) is 0 Å². The quantitative estimate of drug-likeness (QED) is 0.454. The van der Waals surface area contributed by atoms with Gasteiger partial charge in [0.05, 0.1) is 24.9 Å². The monoisotopic (exact) mass is 490 g/mol. The number of hydrogen-bond acceptors (Lipinski definition) is 7. The zero-order valence-corrected chi connectivity index (χ0v) is 20.7. The largest absolute Gasteiger partial charge is 0.374 e. The molecule has 9 heteroatoms. The minimum absolute atomic E-state index is 0.122. The van der Waals surface area contributed by atoms with Crippen LogP contribution in [0.1, 0.15) is 5.69 Å². The number of aryl methyl sites for hydroxylation is 1. The summed E-state index contributed by atoms with van der Waals surface area (Å²) in [6.45, 7) is 4.57. The van der Waals surface area contributed by atoms with Crippen LogP contribution in [0.5, 0.6) is 0 Å². The van der Waals surface area contributed by atoms with Gasteiger partial charge in [0.15, 0.2) is 0 Å². The van der Waals surface area contributed by atoms with E-state index < -0.39 is 0 Å². The van der Waals surface area contributed by atoms with Crippen LogP contribution < -0.4 is 10.9 Å². The second-order valence-corrected chi connectivity index (χ2v) is 9.22. The molecule has 1 aromatic carbocycles. The summed E-state index contributed by atoms with van der Waals surface area (Å²) in [4.78, 5) is 29.6. The van der Waals surface area contributed by atoms with E-state index in [0.29, 0.717) is 40.9 Å². The van der Waals surface area contributed by atoms with E-state index in [1.807, 2.05) is 49.4 Å². The van der Waals surface area contributed by atoms with Gasteiger partial charge in [0.2, 0.25) is 5.95 Å². The molecular weight excluding hydrogens is 464 g/mol. The first-order valence-electron chi connectivity index (χ1n) is 11.6. The van der Waals surface area contributed by atoms with Crippen molar-refractivity contribution < 1.29 is 4.74 Å². The van der Waals surface area contributed by atoms with Crippen LogP contribution in [0.2, 0.25) is 5.02 Å². The second-order valence-electron chi connectivity index (χ2n) is 8.81. The number of fused-ring (bicyclic) bond motifs is 1. The van der Waals surface area contributed by atoms with Gasteiger partial charge in [-0.3, -0.25) is 14.3 Å². The number of aromatic nitrogens is 4. The molecule has 4 heterocycles. The van der Waals surface area contributed by atoms with Gasteiger partial charge in [-0.2, -0.15) is 4.98 Å². The van der Waals surface area contributed by atoms with Crippen molar-refractivity contribution in [3.8, 4) is 22.4 Å². The van der Waals surface area contributed by atoms with Crippen LogP contribution in [0.3, 0.4) is 0 Å². The molecule has 4 aromatic rings. The van der Waals surface area contributed by atoms with Gasteiger partial charge < -0.3 is 15.0 Å². The number of likely N-dealkylation sites (N-methyl/N-ethyl adjacent to an activating group) is 1. The molecule has 0 unspecified atom stereocenters. The lowest BCUT2D eigenvalue weighted by molar-refractivity contribution is -0.0273.